The highest BCUT2D eigenvalue weighted by molar-refractivity contribution is 5.93. The highest BCUT2D eigenvalue weighted by Crippen LogP contribution is 2.25. The zero-order chi connectivity index (χ0) is 12.1. The highest BCUT2D eigenvalue weighted by Gasteiger charge is 2.17. The quantitative estimate of drug-likeness (QED) is 0.789. The topological polar surface area (TPSA) is 70.3 Å². The van der Waals surface area contributed by atoms with Crippen LogP contribution in [0.4, 0.5) is 0 Å². The van der Waals surface area contributed by atoms with Crippen molar-refractivity contribution in [2.45, 2.75) is 20.3 Å². The lowest BCUT2D eigenvalue weighted by molar-refractivity contribution is 0.0526. The lowest BCUT2D eigenvalue weighted by atomic mass is 9.99. The van der Waals surface area contributed by atoms with Gasteiger partial charge in [0.15, 0.2) is 0 Å². The molecule has 0 unspecified atom stereocenters. The number of hydrogen-bond donors (Lipinski definition) is 1. The Balaban J connectivity index is 3.31. The molecule has 0 aliphatic rings. The number of aromatic hydroxyl groups is 1. The molecule has 4 heteroatoms. The summed E-state index contributed by atoms with van der Waals surface area (Å²) in [6.07, 6.45) is 0.488. The summed E-state index contributed by atoms with van der Waals surface area (Å²) >= 11 is 0. The van der Waals surface area contributed by atoms with Gasteiger partial charge in [0, 0.05) is 5.56 Å². The molecule has 0 heterocycles. The average molecular weight is 219 g/mol. The number of hydrogen-bond acceptors (Lipinski definition) is 4. The molecule has 0 atom stereocenters. The Labute approximate surface area is 94.1 Å². The second-order valence-electron chi connectivity index (χ2n) is 3.17. The van der Waals surface area contributed by atoms with Crippen LogP contribution >= 0.6 is 0 Å². The summed E-state index contributed by atoms with van der Waals surface area (Å²) in [5.74, 6) is -0.499. The first-order valence-electron chi connectivity index (χ1n) is 5.07. The van der Waals surface area contributed by atoms with E-state index < -0.39 is 5.97 Å². The van der Waals surface area contributed by atoms with Crippen LogP contribution in [0.1, 0.15) is 35.3 Å². The van der Waals surface area contributed by atoms with Crippen LogP contribution in [0.25, 0.3) is 0 Å². The molecular formula is C12H13NO3. The molecular weight excluding hydrogens is 206 g/mol. The number of rotatable bonds is 3. The summed E-state index contributed by atoms with van der Waals surface area (Å²) < 4.78 is 4.84. The second-order valence-corrected chi connectivity index (χ2v) is 3.17. The van der Waals surface area contributed by atoms with Crippen LogP contribution in [0.15, 0.2) is 12.1 Å². The third-order valence-corrected chi connectivity index (χ3v) is 2.25. The van der Waals surface area contributed by atoms with Gasteiger partial charge in [0.25, 0.3) is 0 Å². The standard InChI is InChI=1S/C12H13NO3/c1-3-8-10(7-13)9(5-6-11(8)14)12(15)16-4-2/h5-6,14H,3-4H2,1-2H3. The van der Waals surface area contributed by atoms with Crippen molar-refractivity contribution in [2.75, 3.05) is 6.61 Å². The van der Waals surface area contributed by atoms with Gasteiger partial charge in [-0.25, -0.2) is 4.79 Å². The molecule has 84 valence electrons. The van der Waals surface area contributed by atoms with Crippen molar-refractivity contribution in [2.24, 2.45) is 0 Å². The second kappa shape index (κ2) is 5.17. The van der Waals surface area contributed by atoms with Crippen LogP contribution in [0.5, 0.6) is 5.75 Å². The van der Waals surface area contributed by atoms with Gasteiger partial charge in [-0.3, -0.25) is 0 Å². The van der Waals surface area contributed by atoms with Gasteiger partial charge < -0.3 is 9.84 Å². The van der Waals surface area contributed by atoms with Gasteiger partial charge in [-0.05, 0) is 25.5 Å². The van der Waals surface area contributed by atoms with E-state index in [1.165, 1.54) is 12.1 Å². The Morgan fingerprint density at radius 2 is 2.19 bits per heavy atom. The van der Waals surface area contributed by atoms with Crippen LogP contribution < -0.4 is 0 Å². The molecule has 0 aliphatic heterocycles. The van der Waals surface area contributed by atoms with Crippen molar-refractivity contribution in [1.29, 1.82) is 5.26 Å². The van der Waals surface area contributed by atoms with E-state index in [2.05, 4.69) is 0 Å². The summed E-state index contributed by atoms with van der Waals surface area (Å²) in [5, 5.41) is 18.6. The Morgan fingerprint density at radius 1 is 1.50 bits per heavy atom. The van der Waals surface area contributed by atoms with Gasteiger partial charge in [0.05, 0.1) is 17.7 Å². The first-order valence-corrected chi connectivity index (χ1v) is 5.07. The van der Waals surface area contributed by atoms with Crippen LogP contribution in [0.3, 0.4) is 0 Å². The fourth-order valence-corrected chi connectivity index (χ4v) is 1.50. The van der Waals surface area contributed by atoms with Gasteiger partial charge >= 0.3 is 5.97 Å². The zero-order valence-corrected chi connectivity index (χ0v) is 9.28. The Morgan fingerprint density at radius 3 is 2.69 bits per heavy atom. The highest BCUT2D eigenvalue weighted by atomic mass is 16.5. The van der Waals surface area contributed by atoms with Crippen molar-refractivity contribution < 1.29 is 14.6 Å². The molecule has 0 aromatic heterocycles. The van der Waals surface area contributed by atoms with Gasteiger partial charge in [-0.1, -0.05) is 6.92 Å². The Kier molecular flexibility index (Phi) is 3.90. The van der Waals surface area contributed by atoms with Crippen LogP contribution in [0.2, 0.25) is 0 Å². The maximum Gasteiger partial charge on any atom is 0.339 e. The number of carbonyl (C=O) groups excluding carboxylic acids is 1. The van der Waals surface area contributed by atoms with Crippen LogP contribution in [-0.4, -0.2) is 17.7 Å². The van der Waals surface area contributed by atoms with Crippen molar-refractivity contribution >= 4 is 5.97 Å². The normalized spacial score (nSPS) is 9.56. The van der Waals surface area contributed by atoms with Gasteiger partial charge in [0.1, 0.15) is 11.8 Å². The van der Waals surface area contributed by atoms with E-state index in [-0.39, 0.29) is 23.5 Å². The predicted molar refractivity (Wildman–Crippen MR) is 58.2 cm³/mol. The smallest absolute Gasteiger partial charge is 0.339 e. The third kappa shape index (κ3) is 2.14. The molecule has 1 aromatic rings. The van der Waals surface area contributed by atoms with Gasteiger partial charge in [-0.2, -0.15) is 5.26 Å². The Hall–Kier alpha value is -2.02. The predicted octanol–water partition coefficient (Wildman–Crippen LogP) is 2.00. The summed E-state index contributed by atoms with van der Waals surface area (Å²) in [7, 11) is 0. The number of nitrogens with zero attached hydrogens (tertiary/aromatic N) is 1. The average Bonchev–Trinajstić information content (AvgIpc) is 2.28. The minimum Gasteiger partial charge on any atom is -0.508 e. The van der Waals surface area contributed by atoms with Crippen molar-refractivity contribution in [3.05, 3.63) is 28.8 Å². The molecule has 0 saturated carbocycles. The number of carbonyl (C=O) groups is 1. The number of benzene rings is 1. The van der Waals surface area contributed by atoms with Gasteiger partial charge in [-0.15, -0.1) is 0 Å². The minimum atomic E-state index is -0.534. The van der Waals surface area contributed by atoms with E-state index in [4.69, 9.17) is 10.00 Å². The molecule has 1 rings (SSSR count). The third-order valence-electron chi connectivity index (χ3n) is 2.25. The number of phenolic OH excluding ortho intramolecular Hbond substituents is 1. The minimum absolute atomic E-state index is 0.0344. The SMILES string of the molecule is CCOC(=O)c1ccc(O)c(CC)c1C#N. The van der Waals surface area contributed by atoms with Crippen LogP contribution in [-0.2, 0) is 11.2 Å². The van der Waals surface area contributed by atoms with Crippen LogP contribution in [0, 0.1) is 11.3 Å². The number of phenols is 1. The fraction of sp³-hybridized carbons (Fsp3) is 0.333. The lowest BCUT2D eigenvalue weighted by Gasteiger charge is -2.09. The van der Waals surface area contributed by atoms with Gasteiger partial charge in [0.2, 0.25) is 0 Å². The number of ether oxygens (including phenoxy) is 1. The summed E-state index contributed by atoms with van der Waals surface area (Å²) in [4.78, 5) is 11.5. The fourth-order valence-electron chi connectivity index (χ4n) is 1.50. The summed E-state index contributed by atoms with van der Waals surface area (Å²) in [6, 6.07) is 4.75. The van der Waals surface area contributed by atoms with E-state index in [0.29, 0.717) is 12.0 Å². The molecule has 16 heavy (non-hydrogen) atoms. The lowest BCUT2D eigenvalue weighted by Crippen LogP contribution is -2.08. The van der Waals surface area contributed by atoms with Crippen molar-refractivity contribution in [3.8, 4) is 11.8 Å². The summed E-state index contributed by atoms with van der Waals surface area (Å²) in [5.41, 5.74) is 0.882. The molecule has 0 radical (unpaired) electrons. The van der Waals surface area contributed by atoms with Crippen molar-refractivity contribution in [3.63, 3.8) is 0 Å². The van der Waals surface area contributed by atoms with E-state index in [1.807, 2.05) is 13.0 Å². The zero-order valence-electron chi connectivity index (χ0n) is 9.28. The molecule has 0 bridgehead atoms. The van der Waals surface area contributed by atoms with E-state index in [0.717, 1.165) is 0 Å². The molecule has 0 saturated heterocycles. The molecule has 0 amide bonds. The molecule has 0 spiro atoms. The van der Waals surface area contributed by atoms with E-state index in [9.17, 15) is 9.90 Å². The largest absolute Gasteiger partial charge is 0.508 e. The first-order chi connectivity index (χ1) is 7.65. The molecule has 0 fully saturated rings. The van der Waals surface area contributed by atoms with Crippen molar-refractivity contribution in [1.82, 2.24) is 0 Å². The molecule has 4 nitrogen and oxygen atoms in total. The molecule has 0 aliphatic carbocycles. The monoisotopic (exact) mass is 219 g/mol. The maximum absolute atomic E-state index is 11.5. The maximum atomic E-state index is 11.5. The van der Waals surface area contributed by atoms with E-state index >= 15 is 0 Å². The molecule has 1 aromatic carbocycles. The Bertz CT molecular complexity index is 446. The summed E-state index contributed by atoms with van der Waals surface area (Å²) in [6.45, 7) is 3.77. The first kappa shape index (κ1) is 12.1. The van der Waals surface area contributed by atoms with E-state index in [1.54, 1.807) is 6.92 Å². The molecule has 1 N–H and O–H groups in total. The number of nitriles is 1. The number of esters is 1.